The van der Waals surface area contributed by atoms with Gasteiger partial charge in [-0.25, -0.2) is 0 Å². The molecule has 0 aliphatic carbocycles. The number of aromatic hydroxyl groups is 1. The van der Waals surface area contributed by atoms with Crippen LogP contribution in [0.3, 0.4) is 0 Å². The van der Waals surface area contributed by atoms with Gasteiger partial charge in [-0.2, -0.15) is 0 Å². The molecule has 124 valence electrons. The van der Waals surface area contributed by atoms with E-state index in [4.69, 9.17) is 0 Å². The molecular weight excluding hydrogens is 320 g/mol. The molecule has 0 saturated heterocycles. The standard InChI is InChI=1S/C19H20N2O2S/c1-2-15-4-3-11-20-16(15)10-9-13-5-7-14(8-6-13)12-17-18(22)21-19(23)24-17/h3-8,11,22H,2,9-10,12H2,1H3,(H,21,23). The van der Waals surface area contributed by atoms with Crippen molar-refractivity contribution in [1.29, 1.82) is 0 Å². The molecule has 0 aliphatic heterocycles. The first-order valence-corrected chi connectivity index (χ1v) is 8.89. The molecule has 24 heavy (non-hydrogen) atoms. The molecule has 0 radical (unpaired) electrons. The molecule has 1 aromatic carbocycles. The van der Waals surface area contributed by atoms with Gasteiger partial charge in [-0.1, -0.05) is 48.6 Å². The van der Waals surface area contributed by atoms with E-state index in [9.17, 15) is 9.90 Å². The predicted molar refractivity (Wildman–Crippen MR) is 96.9 cm³/mol. The first kappa shape index (κ1) is 16.5. The highest BCUT2D eigenvalue weighted by atomic mass is 32.1. The summed E-state index contributed by atoms with van der Waals surface area (Å²) in [4.78, 5) is 18.6. The largest absolute Gasteiger partial charge is 0.494 e. The summed E-state index contributed by atoms with van der Waals surface area (Å²) >= 11 is 1.06. The zero-order valence-electron chi connectivity index (χ0n) is 13.6. The summed E-state index contributed by atoms with van der Waals surface area (Å²) in [6.07, 6.45) is 5.31. The fourth-order valence-electron chi connectivity index (χ4n) is 2.76. The summed E-state index contributed by atoms with van der Waals surface area (Å²) in [7, 11) is 0. The van der Waals surface area contributed by atoms with E-state index < -0.39 is 0 Å². The average molecular weight is 340 g/mol. The highest BCUT2D eigenvalue weighted by molar-refractivity contribution is 7.09. The van der Waals surface area contributed by atoms with Crippen molar-refractivity contribution in [3.05, 3.63) is 79.5 Å². The Balaban J connectivity index is 1.64. The lowest BCUT2D eigenvalue weighted by Gasteiger charge is -2.07. The Kier molecular flexibility index (Phi) is 5.11. The molecule has 0 unspecified atom stereocenters. The maximum Gasteiger partial charge on any atom is 0.307 e. The Labute approximate surface area is 144 Å². The molecule has 3 aromatic rings. The van der Waals surface area contributed by atoms with Crippen LogP contribution in [0.15, 0.2) is 47.4 Å². The SMILES string of the molecule is CCc1cccnc1CCc1ccc(Cc2sc(=O)[nH]c2O)cc1. The van der Waals surface area contributed by atoms with Gasteiger partial charge >= 0.3 is 4.87 Å². The number of aromatic nitrogens is 2. The van der Waals surface area contributed by atoms with E-state index in [1.807, 2.05) is 12.3 Å². The van der Waals surface area contributed by atoms with Crippen molar-refractivity contribution in [2.75, 3.05) is 0 Å². The van der Waals surface area contributed by atoms with Gasteiger partial charge in [0.15, 0.2) is 0 Å². The molecule has 0 aliphatic rings. The molecule has 3 rings (SSSR count). The van der Waals surface area contributed by atoms with Crippen molar-refractivity contribution in [3.63, 3.8) is 0 Å². The number of hydrogen-bond donors (Lipinski definition) is 2. The third-order valence-corrected chi connectivity index (χ3v) is 4.98. The van der Waals surface area contributed by atoms with Crippen LogP contribution in [0.5, 0.6) is 5.88 Å². The summed E-state index contributed by atoms with van der Waals surface area (Å²) < 4.78 is 0. The van der Waals surface area contributed by atoms with Crippen LogP contribution in [-0.2, 0) is 25.7 Å². The molecule has 2 heterocycles. The van der Waals surface area contributed by atoms with Gasteiger partial charge in [-0.15, -0.1) is 0 Å². The normalized spacial score (nSPS) is 10.9. The summed E-state index contributed by atoms with van der Waals surface area (Å²) in [6, 6.07) is 12.4. The Hall–Kier alpha value is -2.40. The number of benzene rings is 1. The van der Waals surface area contributed by atoms with Gasteiger partial charge < -0.3 is 5.11 Å². The molecule has 0 spiro atoms. The van der Waals surface area contributed by atoms with Crippen LogP contribution in [0.2, 0.25) is 0 Å². The second kappa shape index (κ2) is 7.45. The Bertz CT molecular complexity index is 866. The Morgan fingerprint density at radius 1 is 1.12 bits per heavy atom. The maximum atomic E-state index is 11.2. The number of hydrogen-bond acceptors (Lipinski definition) is 4. The van der Waals surface area contributed by atoms with Crippen LogP contribution < -0.4 is 4.87 Å². The Morgan fingerprint density at radius 3 is 2.54 bits per heavy atom. The zero-order valence-corrected chi connectivity index (χ0v) is 14.4. The molecule has 4 nitrogen and oxygen atoms in total. The van der Waals surface area contributed by atoms with Crippen molar-refractivity contribution in [2.45, 2.75) is 32.6 Å². The van der Waals surface area contributed by atoms with E-state index >= 15 is 0 Å². The molecule has 0 amide bonds. The van der Waals surface area contributed by atoms with Crippen molar-refractivity contribution < 1.29 is 5.11 Å². The molecule has 2 aromatic heterocycles. The average Bonchev–Trinajstić information content (AvgIpc) is 2.91. The van der Waals surface area contributed by atoms with Crippen molar-refractivity contribution >= 4 is 11.3 Å². The number of aryl methyl sites for hydroxylation is 3. The Morgan fingerprint density at radius 2 is 1.88 bits per heavy atom. The lowest BCUT2D eigenvalue weighted by molar-refractivity contribution is 0.451. The fourth-order valence-corrected chi connectivity index (χ4v) is 3.52. The van der Waals surface area contributed by atoms with E-state index in [-0.39, 0.29) is 10.8 Å². The third kappa shape index (κ3) is 3.92. The van der Waals surface area contributed by atoms with Crippen LogP contribution in [0, 0.1) is 0 Å². The highest BCUT2D eigenvalue weighted by Gasteiger charge is 2.08. The monoisotopic (exact) mass is 340 g/mol. The van der Waals surface area contributed by atoms with Crippen LogP contribution in [-0.4, -0.2) is 15.1 Å². The minimum Gasteiger partial charge on any atom is -0.494 e. The number of pyridine rings is 1. The number of thiazole rings is 1. The lowest BCUT2D eigenvalue weighted by Crippen LogP contribution is -1.99. The summed E-state index contributed by atoms with van der Waals surface area (Å²) in [6.45, 7) is 2.15. The van der Waals surface area contributed by atoms with E-state index in [1.54, 1.807) is 0 Å². The molecule has 0 fully saturated rings. The number of nitrogens with zero attached hydrogens (tertiary/aromatic N) is 1. The number of rotatable bonds is 6. The predicted octanol–water partition coefficient (Wildman–Crippen LogP) is 3.48. The summed E-state index contributed by atoms with van der Waals surface area (Å²) in [5, 5.41) is 9.65. The van der Waals surface area contributed by atoms with Crippen LogP contribution in [0.1, 0.15) is 34.2 Å². The minimum atomic E-state index is -0.221. The summed E-state index contributed by atoms with van der Waals surface area (Å²) in [5.74, 6) is -0.0173. The molecule has 0 bridgehead atoms. The van der Waals surface area contributed by atoms with Gasteiger partial charge in [0.05, 0.1) is 4.88 Å². The number of H-pyrrole nitrogens is 1. The second-order valence-corrected chi connectivity index (χ2v) is 6.81. The molecule has 0 saturated carbocycles. The second-order valence-electron chi connectivity index (χ2n) is 5.74. The lowest BCUT2D eigenvalue weighted by atomic mass is 10.0. The third-order valence-electron chi connectivity index (χ3n) is 4.10. The first-order chi connectivity index (χ1) is 11.7. The van der Waals surface area contributed by atoms with Crippen LogP contribution in [0.25, 0.3) is 0 Å². The van der Waals surface area contributed by atoms with Gasteiger partial charge in [-0.3, -0.25) is 14.8 Å². The topological polar surface area (TPSA) is 66.0 Å². The van der Waals surface area contributed by atoms with Gasteiger partial charge in [0.25, 0.3) is 0 Å². The zero-order chi connectivity index (χ0) is 16.9. The van der Waals surface area contributed by atoms with Gasteiger partial charge in [0.1, 0.15) is 0 Å². The van der Waals surface area contributed by atoms with Crippen molar-refractivity contribution in [1.82, 2.24) is 9.97 Å². The van der Waals surface area contributed by atoms with Crippen molar-refractivity contribution in [2.24, 2.45) is 0 Å². The van der Waals surface area contributed by atoms with Gasteiger partial charge in [0.2, 0.25) is 5.88 Å². The quantitative estimate of drug-likeness (QED) is 0.722. The molecule has 5 heteroatoms. The van der Waals surface area contributed by atoms with E-state index in [0.717, 1.165) is 36.2 Å². The smallest absolute Gasteiger partial charge is 0.307 e. The summed E-state index contributed by atoms with van der Waals surface area (Å²) in [5.41, 5.74) is 4.83. The van der Waals surface area contributed by atoms with Crippen molar-refractivity contribution in [3.8, 4) is 5.88 Å². The van der Waals surface area contributed by atoms with E-state index in [1.165, 1.54) is 16.8 Å². The first-order valence-electron chi connectivity index (χ1n) is 8.07. The number of aromatic amines is 1. The number of nitrogens with one attached hydrogen (secondary N) is 1. The van der Waals surface area contributed by atoms with Gasteiger partial charge in [-0.05, 0) is 42.0 Å². The van der Waals surface area contributed by atoms with E-state index in [2.05, 4.69) is 47.2 Å². The van der Waals surface area contributed by atoms with Crippen LogP contribution in [0.4, 0.5) is 0 Å². The van der Waals surface area contributed by atoms with Gasteiger partial charge in [0, 0.05) is 18.3 Å². The maximum absolute atomic E-state index is 11.2. The highest BCUT2D eigenvalue weighted by Crippen LogP contribution is 2.20. The molecule has 0 atom stereocenters. The fraction of sp³-hybridized carbons (Fsp3) is 0.263. The van der Waals surface area contributed by atoms with Crippen LogP contribution >= 0.6 is 11.3 Å². The van der Waals surface area contributed by atoms with E-state index in [0.29, 0.717) is 11.3 Å². The molecule has 2 N–H and O–H groups in total. The molecular formula is C19H20N2O2S. The minimum absolute atomic E-state index is 0.0173.